The third-order valence-corrected chi connectivity index (χ3v) is 2.89. The van der Waals surface area contributed by atoms with E-state index in [9.17, 15) is 13.2 Å². The number of methoxy groups -OCH3 is 1. The minimum Gasteiger partial charge on any atom is -0.497 e. The predicted octanol–water partition coefficient (Wildman–Crippen LogP) is 3.26. The molecule has 0 bridgehead atoms. The van der Waals surface area contributed by atoms with Crippen LogP contribution in [0.2, 0.25) is 0 Å². The molecular weight excluding hydrogens is 293 g/mol. The van der Waals surface area contributed by atoms with Gasteiger partial charge in [0.1, 0.15) is 5.75 Å². The van der Waals surface area contributed by atoms with E-state index in [0.717, 1.165) is 25.0 Å². The molecule has 0 heterocycles. The van der Waals surface area contributed by atoms with Crippen molar-refractivity contribution in [3.8, 4) is 5.75 Å². The molecule has 0 amide bonds. The van der Waals surface area contributed by atoms with E-state index >= 15 is 0 Å². The molecule has 0 saturated carbocycles. The van der Waals surface area contributed by atoms with Crippen LogP contribution in [0.1, 0.15) is 36.4 Å². The normalized spacial score (nSPS) is 12.7. The lowest BCUT2D eigenvalue weighted by molar-refractivity contribution is -0.137. The molecule has 3 nitrogen and oxygen atoms in total. The van der Waals surface area contributed by atoms with E-state index in [1.807, 2.05) is 0 Å². The molecule has 20 heavy (non-hydrogen) atoms. The lowest BCUT2D eigenvalue weighted by Gasteiger charge is -2.16. The molecule has 1 aromatic carbocycles. The Hall–Kier alpha value is -0.980. The molecule has 7 heteroatoms. The molecule has 4 N–H and O–H groups in total. The highest BCUT2D eigenvalue weighted by Crippen LogP contribution is 2.34. The highest BCUT2D eigenvalue weighted by Gasteiger charge is 2.31. The number of unbranched alkanes of at least 4 members (excludes halogenated alkanes) is 1. The SMILES string of the molecule is COc1cc([C@H](N)CCCCN)cc(C(F)(F)F)c1.Cl. The number of hydrogen-bond acceptors (Lipinski definition) is 3. The van der Waals surface area contributed by atoms with E-state index < -0.39 is 17.8 Å². The van der Waals surface area contributed by atoms with Crippen LogP contribution in [0.3, 0.4) is 0 Å². The third-order valence-electron chi connectivity index (χ3n) is 2.89. The van der Waals surface area contributed by atoms with Gasteiger partial charge in [-0.1, -0.05) is 6.42 Å². The van der Waals surface area contributed by atoms with Crippen molar-refractivity contribution in [1.29, 1.82) is 0 Å². The van der Waals surface area contributed by atoms with E-state index in [-0.39, 0.29) is 18.2 Å². The summed E-state index contributed by atoms with van der Waals surface area (Å²) < 4.78 is 43.1. The average molecular weight is 313 g/mol. The van der Waals surface area contributed by atoms with E-state index in [1.165, 1.54) is 7.11 Å². The van der Waals surface area contributed by atoms with Gasteiger partial charge in [-0.15, -0.1) is 12.4 Å². The summed E-state index contributed by atoms with van der Waals surface area (Å²) in [4.78, 5) is 0. The van der Waals surface area contributed by atoms with Gasteiger partial charge in [-0.3, -0.25) is 0 Å². The van der Waals surface area contributed by atoms with Gasteiger partial charge in [0, 0.05) is 6.04 Å². The molecule has 0 spiro atoms. The molecule has 0 aliphatic rings. The van der Waals surface area contributed by atoms with Gasteiger partial charge in [-0.05, 0) is 43.1 Å². The second-order valence-electron chi connectivity index (χ2n) is 4.38. The number of ether oxygens (including phenoxy) is 1. The number of halogens is 4. The van der Waals surface area contributed by atoms with Crippen LogP contribution in [-0.2, 0) is 6.18 Å². The van der Waals surface area contributed by atoms with Gasteiger partial charge in [0.25, 0.3) is 0 Å². The summed E-state index contributed by atoms with van der Waals surface area (Å²) in [5.41, 5.74) is 11.0. The predicted molar refractivity (Wildman–Crippen MR) is 75.1 cm³/mol. The number of rotatable bonds is 6. The zero-order valence-electron chi connectivity index (χ0n) is 11.2. The summed E-state index contributed by atoms with van der Waals surface area (Å²) in [6.07, 6.45) is -2.21. The molecule has 0 radical (unpaired) electrons. The highest BCUT2D eigenvalue weighted by atomic mass is 35.5. The summed E-state index contributed by atoms with van der Waals surface area (Å²) in [7, 11) is 1.33. The maximum atomic E-state index is 12.7. The summed E-state index contributed by atoms with van der Waals surface area (Å²) in [5, 5.41) is 0. The first-order valence-electron chi connectivity index (χ1n) is 6.10. The zero-order valence-corrected chi connectivity index (χ0v) is 12.1. The highest BCUT2D eigenvalue weighted by molar-refractivity contribution is 5.85. The van der Waals surface area contributed by atoms with E-state index in [2.05, 4.69) is 0 Å². The number of nitrogens with two attached hydrogens (primary N) is 2. The van der Waals surface area contributed by atoms with Crippen LogP contribution in [0.25, 0.3) is 0 Å². The maximum absolute atomic E-state index is 12.7. The van der Waals surface area contributed by atoms with Gasteiger partial charge in [-0.2, -0.15) is 13.2 Å². The van der Waals surface area contributed by atoms with Crippen LogP contribution in [0.15, 0.2) is 18.2 Å². The monoisotopic (exact) mass is 312 g/mol. The second-order valence-corrected chi connectivity index (χ2v) is 4.38. The molecule has 0 fully saturated rings. The largest absolute Gasteiger partial charge is 0.497 e. The first-order chi connectivity index (χ1) is 8.88. The number of benzene rings is 1. The molecule has 0 aromatic heterocycles. The molecule has 0 saturated heterocycles. The maximum Gasteiger partial charge on any atom is 0.416 e. The third kappa shape index (κ3) is 5.56. The van der Waals surface area contributed by atoms with Crippen LogP contribution in [0.4, 0.5) is 13.2 Å². The minimum atomic E-state index is -4.40. The van der Waals surface area contributed by atoms with Gasteiger partial charge in [0.05, 0.1) is 12.7 Å². The van der Waals surface area contributed by atoms with Crippen molar-refractivity contribution in [2.45, 2.75) is 31.5 Å². The van der Waals surface area contributed by atoms with Crippen molar-refractivity contribution in [2.24, 2.45) is 11.5 Å². The summed E-state index contributed by atoms with van der Waals surface area (Å²) in [5.74, 6) is 0.166. The van der Waals surface area contributed by atoms with E-state index in [4.69, 9.17) is 16.2 Å². The Morgan fingerprint density at radius 2 is 1.85 bits per heavy atom. The molecule has 1 aromatic rings. The van der Waals surface area contributed by atoms with Crippen LogP contribution in [0.5, 0.6) is 5.75 Å². The number of alkyl halides is 3. The Morgan fingerprint density at radius 3 is 2.35 bits per heavy atom. The van der Waals surface area contributed by atoms with Crippen molar-refractivity contribution in [3.05, 3.63) is 29.3 Å². The lowest BCUT2D eigenvalue weighted by atomic mass is 9.99. The zero-order chi connectivity index (χ0) is 14.5. The average Bonchev–Trinajstić information content (AvgIpc) is 2.37. The Balaban J connectivity index is 0.00000361. The van der Waals surface area contributed by atoms with Gasteiger partial charge in [0.2, 0.25) is 0 Å². The van der Waals surface area contributed by atoms with Crippen molar-refractivity contribution >= 4 is 12.4 Å². The fourth-order valence-electron chi connectivity index (χ4n) is 1.79. The summed E-state index contributed by atoms with van der Waals surface area (Å²) >= 11 is 0. The first kappa shape index (κ1) is 19.0. The molecule has 0 aliphatic heterocycles. The molecular formula is C13H20ClF3N2O. The number of hydrogen-bond donors (Lipinski definition) is 2. The second kappa shape index (κ2) is 8.34. The minimum absolute atomic E-state index is 0. The quantitative estimate of drug-likeness (QED) is 0.793. The Bertz CT molecular complexity index is 413. The van der Waals surface area contributed by atoms with Crippen molar-refractivity contribution in [1.82, 2.24) is 0 Å². The van der Waals surface area contributed by atoms with Gasteiger partial charge in [-0.25, -0.2) is 0 Å². The molecule has 0 unspecified atom stereocenters. The topological polar surface area (TPSA) is 61.3 Å². The Morgan fingerprint density at radius 1 is 1.20 bits per heavy atom. The Labute approximate surface area is 122 Å². The van der Waals surface area contributed by atoms with Crippen LogP contribution in [0, 0.1) is 0 Å². The van der Waals surface area contributed by atoms with Crippen molar-refractivity contribution in [3.63, 3.8) is 0 Å². The molecule has 1 atom stereocenters. The van der Waals surface area contributed by atoms with E-state index in [1.54, 1.807) is 6.07 Å². The standard InChI is InChI=1S/C13H19F3N2O.ClH/c1-19-11-7-9(12(18)4-2-3-5-17)6-10(8-11)13(14,15)16;/h6-8,12H,2-5,17-18H2,1H3;1H/t12-;/m1./s1. The van der Waals surface area contributed by atoms with Crippen molar-refractivity contribution in [2.75, 3.05) is 13.7 Å². The smallest absolute Gasteiger partial charge is 0.416 e. The van der Waals surface area contributed by atoms with Crippen LogP contribution in [-0.4, -0.2) is 13.7 Å². The Kier molecular flexibility index (Phi) is 7.93. The van der Waals surface area contributed by atoms with Gasteiger partial charge < -0.3 is 16.2 Å². The fourth-order valence-corrected chi connectivity index (χ4v) is 1.79. The summed E-state index contributed by atoms with van der Waals surface area (Å²) in [6.45, 7) is 0.554. The van der Waals surface area contributed by atoms with Gasteiger partial charge >= 0.3 is 6.18 Å². The molecule has 116 valence electrons. The lowest BCUT2D eigenvalue weighted by Crippen LogP contribution is -2.13. The fraction of sp³-hybridized carbons (Fsp3) is 0.538. The van der Waals surface area contributed by atoms with Crippen LogP contribution < -0.4 is 16.2 Å². The van der Waals surface area contributed by atoms with Gasteiger partial charge in [0.15, 0.2) is 0 Å². The molecule has 1 rings (SSSR count). The summed E-state index contributed by atoms with van der Waals surface area (Å²) in [6, 6.07) is 3.15. The van der Waals surface area contributed by atoms with E-state index in [0.29, 0.717) is 18.5 Å². The first-order valence-corrected chi connectivity index (χ1v) is 6.10. The van der Waals surface area contributed by atoms with Crippen molar-refractivity contribution < 1.29 is 17.9 Å². The molecule has 0 aliphatic carbocycles. The van der Waals surface area contributed by atoms with Crippen LogP contribution >= 0.6 is 12.4 Å².